The van der Waals surface area contributed by atoms with E-state index in [-0.39, 0.29) is 107 Å². The van der Waals surface area contributed by atoms with Crippen molar-refractivity contribution < 1.29 is 81.4 Å². The Morgan fingerprint density at radius 3 is 2.49 bits per heavy atom. The summed E-state index contributed by atoms with van der Waals surface area (Å²) in [4.78, 5) is 108. The number of amides is 7. The van der Waals surface area contributed by atoms with Crippen LogP contribution >= 0.6 is 23.4 Å². The number of benzene rings is 1. The lowest BCUT2D eigenvalue weighted by Gasteiger charge is -2.42. The van der Waals surface area contributed by atoms with Gasteiger partial charge in [0, 0.05) is 71.8 Å². The fourth-order valence-electron chi connectivity index (χ4n) is 9.18. The zero-order valence-corrected chi connectivity index (χ0v) is 47.7. The SMILES string of the molecule is C=CC(=O)NCC(CN)OCC(=O)NCCOCCOCCN1C(=O)CC(SCCC(=O)N(C)[C@@H](C)C(=O)O[C@H]2CC(=O)N(C)c3cc(cc(OC)c3Cl)C/C(C)=C/C=C/[C@@H](OC)[C@@]3(O)C[C@H](OC(=O)N3)[C@@H](C)[C@@H]3O[C@@]23C)C1=O. The number of hydrogen-bond donors (Lipinski definition) is 5. The summed E-state index contributed by atoms with van der Waals surface area (Å²) in [5, 5.41) is 19.0. The van der Waals surface area contributed by atoms with Crippen LogP contribution in [0, 0.1) is 5.92 Å². The molecule has 5 rings (SSSR count). The molecule has 0 saturated carbocycles. The van der Waals surface area contributed by atoms with Crippen LogP contribution in [0.25, 0.3) is 0 Å². The fraction of sp³-hybridized carbons (Fsp3) is 0.623. The number of rotatable bonds is 25. The molecule has 10 atom stereocenters. The van der Waals surface area contributed by atoms with E-state index in [1.54, 1.807) is 38.1 Å². The maximum absolute atomic E-state index is 14.4. The van der Waals surface area contributed by atoms with E-state index in [1.165, 1.54) is 45.0 Å². The number of alkyl carbamates (subject to hydrolysis) is 1. The second-order valence-corrected chi connectivity index (χ2v) is 21.5. The maximum Gasteiger partial charge on any atom is 0.409 e. The Balaban J connectivity index is 1.13. The van der Waals surface area contributed by atoms with Gasteiger partial charge in [-0.25, -0.2) is 9.59 Å². The number of fused-ring (bicyclic) bond motifs is 5. The molecular weight excluding hydrogens is 1070 g/mol. The van der Waals surface area contributed by atoms with E-state index < -0.39 is 95.3 Å². The molecule has 0 spiro atoms. The van der Waals surface area contributed by atoms with E-state index in [1.807, 2.05) is 13.0 Å². The van der Waals surface area contributed by atoms with Crippen LogP contribution in [0.2, 0.25) is 5.02 Å². The van der Waals surface area contributed by atoms with Crippen molar-refractivity contribution in [2.75, 3.05) is 98.2 Å². The summed E-state index contributed by atoms with van der Waals surface area (Å²) < 4.78 is 45.8. The van der Waals surface area contributed by atoms with Crippen LogP contribution in [0.1, 0.15) is 58.9 Å². The van der Waals surface area contributed by atoms with Crippen LogP contribution in [0.15, 0.2) is 48.6 Å². The van der Waals surface area contributed by atoms with E-state index in [9.17, 15) is 43.5 Å². The molecule has 0 aromatic heterocycles. The molecule has 26 heteroatoms. The largest absolute Gasteiger partial charge is 0.495 e. The summed E-state index contributed by atoms with van der Waals surface area (Å²) in [5.41, 5.74) is 4.39. The first-order chi connectivity index (χ1) is 37.5. The minimum absolute atomic E-state index is 0.0223. The number of esters is 1. The summed E-state index contributed by atoms with van der Waals surface area (Å²) in [7, 11) is 5.84. The zero-order valence-electron chi connectivity index (χ0n) is 46.1. The average Bonchev–Trinajstić information content (AvgIpc) is 4.27. The summed E-state index contributed by atoms with van der Waals surface area (Å²) in [6, 6.07) is 2.36. The molecule has 4 bridgehead atoms. The Kier molecular flexibility index (Phi) is 24.1. The van der Waals surface area contributed by atoms with Gasteiger partial charge >= 0.3 is 12.1 Å². The van der Waals surface area contributed by atoms with Gasteiger partial charge in [0.1, 0.15) is 47.3 Å². The average molecular weight is 1150 g/mol. The van der Waals surface area contributed by atoms with Gasteiger partial charge in [-0.1, -0.05) is 48.9 Å². The van der Waals surface area contributed by atoms with E-state index >= 15 is 0 Å². The number of anilines is 1. The second kappa shape index (κ2) is 29.7. The number of carbonyl (C=O) groups is 8. The lowest BCUT2D eigenvalue weighted by Crippen LogP contribution is -2.63. The number of aliphatic hydroxyl groups is 1. The topological polar surface area (TPSA) is 306 Å². The number of imide groups is 1. The van der Waals surface area contributed by atoms with Crippen LogP contribution in [-0.4, -0.2) is 209 Å². The van der Waals surface area contributed by atoms with Crippen LogP contribution in [-0.2, 0) is 73.1 Å². The number of nitrogens with two attached hydrogens (primary N) is 1. The van der Waals surface area contributed by atoms with E-state index in [2.05, 4.69) is 22.5 Å². The molecule has 79 heavy (non-hydrogen) atoms. The number of methoxy groups -OCH3 is 2. The highest BCUT2D eigenvalue weighted by molar-refractivity contribution is 8.00. The summed E-state index contributed by atoms with van der Waals surface area (Å²) in [6.07, 6.45) is 0.709. The van der Waals surface area contributed by atoms with Crippen molar-refractivity contribution in [3.63, 3.8) is 0 Å². The van der Waals surface area contributed by atoms with Crippen molar-refractivity contribution in [1.82, 2.24) is 25.8 Å². The van der Waals surface area contributed by atoms with Crippen molar-refractivity contribution >= 4 is 76.6 Å². The lowest BCUT2D eigenvalue weighted by molar-refractivity contribution is -0.162. The first-order valence-corrected chi connectivity index (χ1v) is 27.4. The van der Waals surface area contributed by atoms with Crippen LogP contribution in [0.5, 0.6) is 5.75 Å². The molecule has 3 saturated heterocycles. The number of hydrogen-bond acceptors (Lipinski definition) is 19. The normalized spacial score (nSPS) is 27.1. The summed E-state index contributed by atoms with van der Waals surface area (Å²) in [5.74, 6) is -3.47. The number of carbonyl (C=O) groups excluding carboxylic acids is 8. The number of thioether (sulfide) groups is 1. The Morgan fingerprint density at radius 2 is 1.81 bits per heavy atom. The van der Waals surface area contributed by atoms with Gasteiger partial charge in [-0.05, 0) is 51.0 Å². The highest BCUT2D eigenvalue weighted by Crippen LogP contribution is 2.49. The van der Waals surface area contributed by atoms with Gasteiger partial charge in [0.2, 0.25) is 35.4 Å². The number of nitrogens with zero attached hydrogens (tertiary/aromatic N) is 3. The molecule has 7 amide bonds. The summed E-state index contributed by atoms with van der Waals surface area (Å²) in [6.45, 7) is 11.0. The van der Waals surface area contributed by atoms with E-state index in [0.717, 1.165) is 33.9 Å². The smallest absolute Gasteiger partial charge is 0.409 e. The maximum atomic E-state index is 14.4. The predicted octanol–water partition coefficient (Wildman–Crippen LogP) is 1.56. The van der Waals surface area contributed by atoms with Crippen molar-refractivity contribution in [2.24, 2.45) is 11.7 Å². The first-order valence-electron chi connectivity index (χ1n) is 25.9. The fourth-order valence-corrected chi connectivity index (χ4v) is 10.6. The van der Waals surface area contributed by atoms with Crippen molar-refractivity contribution in [3.05, 3.63) is 59.2 Å². The number of likely N-dealkylation sites (N-methyl/N-ethyl adjacent to an activating group) is 1. The zero-order chi connectivity index (χ0) is 58.2. The minimum atomic E-state index is -1.89. The molecule has 4 aliphatic heterocycles. The lowest BCUT2D eigenvalue weighted by atomic mass is 9.83. The third-order valence-electron chi connectivity index (χ3n) is 14.2. The quantitative estimate of drug-likeness (QED) is 0.0305. The number of epoxide rings is 1. The molecule has 24 nitrogen and oxygen atoms in total. The highest BCUT2D eigenvalue weighted by Gasteiger charge is 2.64. The van der Waals surface area contributed by atoms with Gasteiger partial charge in [-0.2, -0.15) is 0 Å². The molecule has 4 heterocycles. The number of halogens is 1. The van der Waals surface area contributed by atoms with E-state index in [0.29, 0.717) is 17.9 Å². The monoisotopic (exact) mass is 1150 g/mol. The number of nitrogens with one attached hydrogen (secondary N) is 3. The van der Waals surface area contributed by atoms with Crippen LogP contribution in [0.3, 0.4) is 0 Å². The molecule has 0 radical (unpaired) electrons. The van der Waals surface area contributed by atoms with Gasteiger partial charge in [0.25, 0.3) is 0 Å². The Hall–Kier alpha value is -5.64. The van der Waals surface area contributed by atoms with Gasteiger partial charge < -0.3 is 69.2 Å². The molecule has 1 aromatic carbocycles. The number of likely N-dealkylation sites (tertiary alicyclic amines) is 1. The first kappa shape index (κ1) is 64.2. The van der Waals surface area contributed by atoms with Crippen molar-refractivity contribution in [3.8, 4) is 5.75 Å². The Morgan fingerprint density at radius 1 is 1.09 bits per heavy atom. The van der Waals surface area contributed by atoms with Crippen LogP contribution < -0.4 is 31.3 Å². The molecule has 1 aromatic rings. The predicted molar refractivity (Wildman–Crippen MR) is 290 cm³/mol. The molecule has 0 aliphatic carbocycles. The highest BCUT2D eigenvalue weighted by atomic mass is 35.5. The van der Waals surface area contributed by atoms with E-state index in [4.69, 9.17) is 55.2 Å². The molecule has 438 valence electrons. The van der Waals surface area contributed by atoms with Gasteiger partial charge in [0.15, 0.2) is 5.72 Å². The second-order valence-electron chi connectivity index (χ2n) is 19.8. The van der Waals surface area contributed by atoms with Gasteiger partial charge in [-0.3, -0.25) is 39.0 Å². The molecule has 3 fully saturated rings. The number of ether oxygens (including phenoxy) is 8. The Bertz CT molecular complexity index is 2450. The molecular formula is C53H76ClN7O17S. The van der Waals surface area contributed by atoms with Crippen molar-refractivity contribution in [1.29, 1.82) is 0 Å². The van der Waals surface area contributed by atoms with Crippen LogP contribution in [0.4, 0.5) is 10.5 Å². The molecule has 2 unspecified atom stereocenters. The molecule has 6 N–H and O–H groups in total. The molecule has 4 aliphatic rings. The van der Waals surface area contributed by atoms with Gasteiger partial charge in [-0.15, -0.1) is 11.8 Å². The summed E-state index contributed by atoms with van der Waals surface area (Å²) >= 11 is 7.97. The van der Waals surface area contributed by atoms with Crippen molar-refractivity contribution in [2.45, 2.75) is 113 Å². The minimum Gasteiger partial charge on any atom is -0.495 e. The van der Waals surface area contributed by atoms with Gasteiger partial charge in [0.05, 0.1) is 69.6 Å². The number of allylic oxidation sites excluding steroid dienone is 3. The Labute approximate surface area is 469 Å². The standard InChI is InChI=1S/C53H76ClN7O17S/c1-10-42(62)57-29-35(28-55)75-30-43(63)56-15-17-73-19-20-74-18-16-61-46(66)25-39(49(61)67)79-21-14-44(64)59(6)33(4)50(68)77-41-26-45(65)60(7)36-23-34(24-37(71-8)47(36)54)22-31(2)12-11-13-40(72-9)53(70)27-38(76-51(69)58-53)32(3)48-52(41,5)78-48/h10-13,23-24,32-33,35,38-41,48,70H,1,14-22,25-30,55H2,2-9H3,(H,56,63)(H,57,62)(H,58,69)/b13-11+,31-12+/t32-,33+,35?,38+,39?,40-,41+,48+,52+,53+/m1/s1. The third kappa shape index (κ3) is 17.4. The third-order valence-corrected chi connectivity index (χ3v) is 15.8.